The summed E-state index contributed by atoms with van der Waals surface area (Å²) in [5.41, 5.74) is 1.18. The van der Waals surface area contributed by atoms with Gasteiger partial charge < -0.3 is 5.32 Å². The summed E-state index contributed by atoms with van der Waals surface area (Å²) < 4.78 is 27.3. The predicted octanol–water partition coefficient (Wildman–Crippen LogP) is 2.56. The normalized spacial score (nSPS) is 20.8. The van der Waals surface area contributed by atoms with Crippen LogP contribution in [0.5, 0.6) is 0 Å². The number of halogens is 2. The average molecular weight is 310 g/mol. The number of nitrogens with one attached hydrogen (secondary N) is 2. The smallest absolute Gasteiger partial charge is 0.262 e. The van der Waals surface area contributed by atoms with Crippen LogP contribution in [0.1, 0.15) is 12.0 Å². The molecular formula is C15H16F2N2OS. The zero-order valence-corrected chi connectivity index (χ0v) is 12.2. The largest absolute Gasteiger partial charge is 0.354 e. The zero-order valence-electron chi connectivity index (χ0n) is 11.4. The van der Waals surface area contributed by atoms with E-state index in [2.05, 4.69) is 28.1 Å². The molecule has 1 aliphatic rings. The molecular weight excluding hydrogens is 294 g/mol. The maximum atomic E-state index is 13.0. The third kappa shape index (κ3) is 3.22. The summed E-state index contributed by atoms with van der Waals surface area (Å²) in [6.07, 6.45) is 0.291. The minimum Gasteiger partial charge on any atom is -0.354 e. The van der Waals surface area contributed by atoms with Gasteiger partial charge in [-0.2, -0.15) is 0 Å². The van der Waals surface area contributed by atoms with Gasteiger partial charge in [-0.25, -0.2) is 8.78 Å². The van der Waals surface area contributed by atoms with E-state index in [1.165, 1.54) is 15.6 Å². The molecule has 6 heteroatoms. The number of carbonyl (C=O) groups excluding carboxylic acids is 1. The number of carbonyl (C=O) groups is 1. The van der Waals surface area contributed by atoms with Gasteiger partial charge in [-0.1, -0.05) is 18.2 Å². The van der Waals surface area contributed by atoms with Crippen LogP contribution in [0.15, 0.2) is 29.6 Å². The van der Waals surface area contributed by atoms with E-state index in [1.54, 1.807) is 11.3 Å². The highest BCUT2D eigenvalue weighted by atomic mass is 32.1. The number of hydrogen-bond acceptors (Lipinski definition) is 3. The zero-order chi connectivity index (χ0) is 14.9. The molecule has 2 N–H and O–H groups in total. The van der Waals surface area contributed by atoms with Crippen LogP contribution in [0, 0.1) is 0 Å². The van der Waals surface area contributed by atoms with Crippen molar-refractivity contribution in [1.29, 1.82) is 0 Å². The van der Waals surface area contributed by atoms with Crippen molar-refractivity contribution >= 4 is 27.3 Å². The Hall–Kier alpha value is -1.53. The first-order valence-corrected chi connectivity index (χ1v) is 7.77. The second-order valence-corrected chi connectivity index (χ2v) is 6.20. The van der Waals surface area contributed by atoms with Crippen molar-refractivity contribution in [3.8, 4) is 0 Å². The topological polar surface area (TPSA) is 41.1 Å². The minimum absolute atomic E-state index is 0.341. The Morgan fingerprint density at radius 3 is 3.00 bits per heavy atom. The van der Waals surface area contributed by atoms with Crippen LogP contribution in [0.25, 0.3) is 10.1 Å². The van der Waals surface area contributed by atoms with Crippen molar-refractivity contribution in [2.75, 3.05) is 13.1 Å². The Bertz CT molecular complexity index is 656. The van der Waals surface area contributed by atoms with Crippen LogP contribution in [0.2, 0.25) is 0 Å². The molecule has 1 aromatic carbocycles. The summed E-state index contributed by atoms with van der Waals surface area (Å²) in [6, 6.07) is 7.33. The van der Waals surface area contributed by atoms with Crippen molar-refractivity contribution in [3.05, 3.63) is 35.2 Å². The maximum absolute atomic E-state index is 13.0. The van der Waals surface area contributed by atoms with E-state index < -0.39 is 24.9 Å². The number of alkyl halides is 2. The first kappa shape index (κ1) is 14.4. The van der Waals surface area contributed by atoms with Crippen LogP contribution in [0.4, 0.5) is 8.78 Å². The Kier molecular flexibility index (Phi) is 3.91. The number of hydrogen-bond donors (Lipinski definition) is 2. The van der Waals surface area contributed by atoms with Gasteiger partial charge in [0.1, 0.15) is 0 Å². The molecule has 1 unspecified atom stereocenters. The molecule has 1 atom stereocenters. The average Bonchev–Trinajstić information content (AvgIpc) is 3.03. The lowest BCUT2D eigenvalue weighted by atomic mass is 10.1. The van der Waals surface area contributed by atoms with Gasteiger partial charge in [-0.3, -0.25) is 10.1 Å². The molecule has 1 fully saturated rings. The third-order valence-corrected chi connectivity index (χ3v) is 4.69. The molecule has 3 rings (SSSR count). The lowest BCUT2D eigenvalue weighted by Gasteiger charge is -2.11. The van der Waals surface area contributed by atoms with Gasteiger partial charge in [0.15, 0.2) is 0 Å². The highest BCUT2D eigenvalue weighted by Crippen LogP contribution is 2.26. The highest BCUT2D eigenvalue weighted by molar-refractivity contribution is 7.17. The SMILES string of the molecule is O=C(NCCc1csc2ccccc12)C1CC(F)(F)CN1. The van der Waals surface area contributed by atoms with Crippen molar-refractivity contribution < 1.29 is 13.6 Å². The van der Waals surface area contributed by atoms with E-state index >= 15 is 0 Å². The molecule has 1 aromatic heterocycles. The van der Waals surface area contributed by atoms with Crippen LogP contribution >= 0.6 is 11.3 Å². The molecule has 0 radical (unpaired) electrons. The summed E-state index contributed by atoms with van der Waals surface area (Å²) >= 11 is 1.67. The van der Waals surface area contributed by atoms with E-state index in [0.717, 1.165) is 0 Å². The van der Waals surface area contributed by atoms with Gasteiger partial charge >= 0.3 is 0 Å². The third-order valence-electron chi connectivity index (χ3n) is 3.68. The molecule has 0 aliphatic carbocycles. The van der Waals surface area contributed by atoms with Crippen LogP contribution < -0.4 is 10.6 Å². The molecule has 0 bridgehead atoms. The highest BCUT2D eigenvalue weighted by Gasteiger charge is 2.42. The molecule has 2 aromatic rings. The minimum atomic E-state index is -2.77. The van der Waals surface area contributed by atoms with Gasteiger partial charge in [0.05, 0.1) is 12.6 Å². The summed E-state index contributed by atoms with van der Waals surface area (Å²) in [4.78, 5) is 11.8. The number of fused-ring (bicyclic) bond motifs is 1. The van der Waals surface area contributed by atoms with Gasteiger partial charge in [0, 0.05) is 17.7 Å². The van der Waals surface area contributed by atoms with E-state index in [-0.39, 0.29) is 5.91 Å². The monoisotopic (exact) mass is 310 g/mol. The number of amides is 1. The summed E-state index contributed by atoms with van der Waals surface area (Å²) in [5, 5.41) is 8.57. The van der Waals surface area contributed by atoms with Crippen LogP contribution in [0.3, 0.4) is 0 Å². The molecule has 0 saturated carbocycles. The van der Waals surface area contributed by atoms with Gasteiger partial charge in [0.25, 0.3) is 5.92 Å². The van der Waals surface area contributed by atoms with Crippen molar-refractivity contribution in [3.63, 3.8) is 0 Å². The molecule has 112 valence electrons. The van der Waals surface area contributed by atoms with Crippen molar-refractivity contribution in [2.45, 2.75) is 24.8 Å². The first-order valence-electron chi connectivity index (χ1n) is 6.89. The van der Waals surface area contributed by atoms with Crippen LogP contribution in [-0.2, 0) is 11.2 Å². The van der Waals surface area contributed by atoms with Gasteiger partial charge in [-0.15, -0.1) is 11.3 Å². The van der Waals surface area contributed by atoms with E-state index in [9.17, 15) is 13.6 Å². The maximum Gasteiger partial charge on any atom is 0.262 e. The lowest BCUT2D eigenvalue weighted by Crippen LogP contribution is -2.41. The van der Waals surface area contributed by atoms with Crippen molar-refractivity contribution in [2.24, 2.45) is 0 Å². The molecule has 1 aliphatic heterocycles. The molecule has 1 amide bonds. The molecule has 0 spiro atoms. The summed E-state index contributed by atoms with van der Waals surface area (Å²) in [5.74, 6) is -3.11. The van der Waals surface area contributed by atoms with E-state index in [4.69, 9.17) is 0 Å². The molecule has 1 saturated heterocycles. The Balaban J connectivity index is 1.53. The van der Waals surface area contributed by atoms with E-state index in [0.29, 0.717) is 13.0 Å². The van der Waals surface area contributed by atoms with Crippen molar-refractivity contribution in [1.82, 2.24) is 10.6 Å². The van der Waals surface area contributed by atoms with Gasteiger partial charge in [0.2, 0.25) is 5.91 Å². The quantitative estimate of drug-likeness (QED) is 0.911. The molecule has 3 nitrogen and oxygen atoms in total. The van der Waals surface area contributed by atoms with Gasteiger partial charge in [-0.05, 0) is 28.8 Å². The Morgan fingerprint density at radius 2 is 2.24 bits per heavy atom. The fraction of sp³-hybridized carbons (Fsp3) is 0.400. The van der Waals surface area contributed by atoms with E-state index in [1.807, 2.05) is 12.1 Å². The van der Waals surface area contributed by atoms with Crippen LogP contribution in [-0.4, -0.2) is 31.0 Å². The first-order chi connectivity index (χ1) is 10.1. The fourth-order valence-electron chi connectivity index (χ4n) is 2.57. The predicted molar refractivity (Wildman–Crippen MR) is 79.9 cm³/mol. The summed E-state index contributed by atoms with van der Waals surface area (Å²) in [6.45, 7) is 0.0452. The summed E-state index contributed by atoms with van der Waals surface area (Å²) in [7, 11) is 0. The number of thiophene rings is 1. The molecule has 2 heterocycles. The molecule has 21 heavy (non-hydrogen) atoms. The second-order valence-electron chi connectivity index (χ2n) is 5.29. The lowest BCUT2D eigenvalue weighted by molar-refractivity contribution is -0.123. The Labute approximate surface area is 125 Å². The Morgan fingerprint density at radius 1 is 1.43 bits per heavy atom. The second kappa shape index (κ2) is 5.69. The fourth-order valence-corrected chi connectivity index (χ4v) is 3.57. The number of benzene rings is 1. The number of rotatable bonds is 4. The standard InChI is InChI=1S/C15H16F2N2OS/c16-15(17)7-12(19-9-15)14(20)18-6-5-10-8-21-13-4-2-1-3-11(10)13/h1-4,8,12,19H,5-7,9H2,(H,18,20).